The van der Waals surface area contributed by atoms with E-state index in [4.69, 9.17) is 0 Å². The van der Waals surface area contributed by atoms with Gasteiger partial charge in [-0.1, -0.05) is 6.92 Å². The van der Waals surface area contributed by atoms with E-state index in [1.54, 1.807) is 6.92 Å². The topological polar surface area (TPSA) is 89.1 Å². The Morgan fingerprint density at radius 1 is 1.13 bits per heavy atom. The first-order valence-electron chi connectivity index (χ1n) is 11.1. The van der Waals surface area contributed by atoms with E-state index in [1.807, 2.05) is 13.8 Å². The van der Waals surface area contributed by atoms with Gasteiger partial charge in [-0.2, -0.15) is 0 Å². The third kappa shape index (κ3) is 8.56. The highest BCUT2D eigenvalue weighted by Crippen LogP contribution is 2.20. The molecule has 1 heterocycles. The fourth-order valence-electron chi connectivity index (χ4n) is 3.53. The SMILES string of the molecule is CCNC(=NCCCN1C(=O)NC(C)(CC)C1=O)NCCCN(C(C)C)C(C)C.I. The summed E-state index contributed by atoms with van der Waals surface area (Å²) in [7, 11) is 0. The van der Waals surface area contributed by atoms with Crippen molar-refractivity contribution in [3.05, 3.63) is 0 Å². The molecule has 0 spiro atoms. The van der Waals surface area contributed by atoms with Crippen LogP contribution in [0.25, 0.3) is 0 Å². The highest BCUT2D eigenvalue weighted by molar-refractivity contribution is 14.0. The Morgan fingerprint density at radius 3 is 2.27 bits per heavy atom. The number of guanidine groups is 1. The molecule has 1 atom stereocenters. The second-order valence-corrected chi connectivity index (χ2v) is 8.39. The lowest BCUT2D eigenvalue weighted by Crippen LogP contribution is -2.43. The maximum Gasteiger partial charge on any atom is 0.325 e. The van der Waals surface area contributed by atoms with E-state index in [1.165, 1.54) is 4.90 Å². The lowest BCUT2D eigenvalue weighted by molar-refractivity contribution is -0.130. The number of rotatable bonds is 12. The van der Waals surface area contributed by atoms with E-state index in [-0.39, 0.29) is 35.9 Å². The van der Waals surface area contributed by atoms with Crippen molar-refractivity contribution in [2.24, 2.45) is 4.99 Å². The van der Waals surface area contributed by atoms with E-state index in [0.29, 0.717) is 38.0 Å². The Labute approximate surface area is 200 Å². The average Bonchev–Trinajstić information content (AvgIpc) is 2.87. The molecular weight excluding hydrogens is 495 g/mol. The quantitative estimate of drug-likeness (QED) is 0.117. The zero-order valence-corrected chi connectivity index (χ0v) is 22.2. The van der Waals surface area contributed by atoms with Crippen LogP contribution in [0, 0.1) is 0 Å². The van der Waals surface area contributed by atoms with Gasteiger partial charge >= 0.3 is 6.03 Å². The second-order valence-electron chi connectivity index (χ2n) is 8.39. The lowest BCUT2D eigenvalue weighted by atomic mass is 9.99. The van der Waals surface area contributed by atoms with Gasteiger partial charge in [-0.15, -0.1) is 24.0 Å². The van der Waals surface area contributed by atoms with Crippen LogP contribution in [-0.2, 0) is 4.79 Å². The number of amides is 3. The van der Waals surface area contributed by atoms with Gasteiger partial charge in [0.15, 0.2) is 5.96 Å². The predicted molar refractivity (Wildman–Crippen MR) is 135 cm³/mol. The number of aliphatic imine (C=N–C) groups is 1. The maximum absolute atomic E-state index is 12.4. The number of urea groups is 1. The third-order valence-corrected chi connectivity index (χ3v) is 5.42. The van der Waals surface area contributed by atoms with Gasteiger partial charge in [0.05, 0.1) is 0 Å². The molecule has 0 aromatic carbocycles. The number of carbonyl (C=O) groups excluding carboxylic acids is 2. The van der Waals surface area contributed by atoms with Crippen LogP contribution in [0.1, 0.15) is 67.7 Å². The Hall–Kier alpha value is -1.10. The zero-order valence-electron chi connectivity index (χ0n) is 19.9. The standard InChI is InChI=1S/C21H42N6O2.HI/c1-8-21(7)18(28)27(20(29)25-21)15-11-13-24-19(22-9-2)23-12-10-14-26(16(3)4)17(5)6;/h16-17H,8-15H2,1-7H3,(H,25,29)(H2,22,23,24);1H. The molecule has 1 rings (SSSR count). The van der Waals surface area contributed by atoms with E-state index < -0.39 is 5.54 Å². The Morgan fingerprint density at radius 2 is 1.77 bits per heavy atom. The second kappa shape index (κ2) is 14.1. The van der Waals surface area contributed by atoms with Crippen LogP contribution in [0.2, 0.25) is 0 Å². The Balaban J connectivity index is 0.00000841. The first kappa shape index (κ1) is 28.9. The summed E-state index contributed by atoms with van der Waals surface area (Å²) in [5.41, 5.74) is -0.767. The largest absolute Gasteiger partial charge is 0.357 e. The first-order chi connectivity index (χ1) is 13.7. The number of nitrogens with one attached hydrogen (secondary N) is 3. The molecule has 9 heteroatoms. The van der Waals surface area contributed by atoms with Crippen molar-refractivity contribution in [3.8, 4) is 0 Å². The smallest absolute Gasteiger partial charge is 0.325 e. The van der Waals surface area contributed by atoms with Crippen molar-refractivity contribution in [2.45, 2.75) is 85.4 Å². The summed E-state index contributed by atoms with van der Waals surface area (Å²) < 4.78 is 0. The minimum absolute atomic E-state index is 0. The maximum atomic E-state index is 12.4. The van der Waals surface area contributed by atoms with Crippen LogP contribution in [-0.4, -0.2) is 78.0 Å². The first-order valence-corrected chi connectivity index (χ1v) is 11.1. The highest BCUT2D eigenvalue weighted by atomic mass is 127. The number of hydrogen-bond acceptors (Lipinski definition) is 4. The summed E-state index contributed by atoms with van der Waals surface area (Å²) in [6, 6.07) is 0.780. The van der Waals surface area contributed by atoms with Gasteiger partial charge in [0.2, 0.25) is 0 Å². The highest BCUT2D eigenvalue weighted by Gasteiger charge is 2.45. The molecule has 1 saturated heterocycles. The van der Waals surface area contributed by atoms with E-state index >= 15 is 0 Å². The van der Waals surface area contributed by atoms with Crippen molar-refractivity contribution in [1.82, 2.24) is 25.8 Å². The fourth-order valence-corrected chi connectivity index (χ4v) is 3.53. The average molecular weight is 539 g/mol. The van der Waals surface area contributed by atoms with Gasteiger partial charge in [-0.3, -0.25) is 19.6 Å². The molecule has 1 unspecified atom stereocenters. The van der Waals surface area contributed by atoms with Gasteiger partial charge in [0.1, 0.15) is 5.54 Å². The number of hydrogen-bond donors (Lipinski definition) is 3. The molecule has 176 valence electrons. The molecular formula is C21H43IN6O2. The summed E-state index contributed by atoms with van der Waals surface area (Å²) in [5.74, 6) is 0.641. The molecule has 0 radical (unpaired) electrons. The number of nitrogens with zero attached hydrogens (tertiary/aromatic N) is 3. The van der Waals surface area contributed by atoms with Crippen LogP contribution in [0.15, 0.2) is 4.99 Å². The number of carbonyl (C=O) groups is 2. The van der Waals surface area contributed by atoms with Crippen molar-refractivity contribution in [3.63, 3.8) is 0 Å². The Bertz CT molecular complexity index is 562. The minimum atomic E-state index is -0.767. The molecule has 0 saturated carbocycles. The van der Waals surface area contributed by atoms with Gasteiger partial charge in [0, 0.05) is 44.8 Å². The molecule has 0 aromatic heterocycles. The number of halogens is 1. The van der Waals surface area contributed by atoms with Gasteiger partial charge in [0.25, 0.3) is 5.91 Å². The molecule has 1 fully saturated rings. The molecule has 30 heavy (non-hydrogen) atoms. The summed E-state index contributed by atoms with van der Waals surface area (Å²) in [6.07, 6.45) is 2.27. The van der Waals surface area contributed by atoms with Crippen LogP contribution in [0.4, 0.5) is 4.79 Å². The molecule has 8 nitrogen and oxygen atoms in total. The van der Waals surface area contributed by atoms with Crippen molar-refractivity contribution < 1.29 is 9.59 Å². The van der Waals surface area contributed by atoms with E-state index in [2.05, 4.69) is 53.5 Å². The van der Waals surface area contributed by atoms with Gasteiger partial charge < -0.3 is 16.0 Å². The van der Waals surface area contributed by atoms with Crippen LogP contribution >= 0.6 is 24.0 Å². The normalized spacial score (nSPS) is 19.5. The molecule has 3 amide bonds. The number of imide groups is 1. The fraction of sp³-hybridized carbons (Fsp3) is 0.857. The van der Waals surface area contributed by atoms with Crippen molar-refractivity contribution >= 4 is 41.9 Å². The summed E-state index contributed by atoms with van der Waals surface area (Å²) >= 11 is 0. The molecule has 1 aliphatic heterocycles. The molecule has 0 aliphatic carbocycles. The van der Waals surface area contributed by atoms with E-state index in [0.717, 1.165) is 32.0 Å². The van der Waals surface area contributed by atoms with Gasteiger partial charge in [-0.05, 0) is 60.8 Å². The van der Waals surface area contributed by atoms with E-state index in [9.17, 15) is 9.59 Å². The summed E-state index contributed by atoms with van der Waals surface area (Å²) in [5, 5.41) is 9.41. The zero-order chi connectivity index (χ0) is 22.0. The monoisotopic (exact) mass is 538 g/mol. The predicted octanol–water partition coefficient (Wildman–Crippen LogP) is 2.78. The summed E-state index contributed by atoms with van der Waals surface area (Å²) in [6.45, 7) is 18.3. The van der Waals surface area contributed by atoms with Crippen LogP contribution < -0.4 is 16.0 Å². The molecule has 3 N–H and O–H groups in total. The molecule has 0 bridgehead atoms. The Kier molecular flexibility index (Phi) is 13.5. The summed E-state index contributed by atoms with van der Waals surface area (Å²) in [4.78, 5) is 32.8. The van der Waals surface area contributed by atoms with Crippen molar-refractivity contribution in [1.29, 1.82) is 0 Å². The molecule has 0 aromatic rings. The third-order valence-electron chi connectivity index (χ3n) is 5.42. The van der Waals surface area contributed by atoms with Crippen LogP contribution in [0.3, 0.4) is 0 Å². The van der Waals surface area contributed by atoms with Gasteiger partial charge in [-0.25, -0.2) is 4.79 Å². The minimum Gasteiger partial charge on any atom is -0.357 e. The van der Waals surface area contributed by atoms with Crippen LogP contribution in [0.5, 0.6) is 0 Å². The molecule has 1 aliphatic rings. The lowest BCUT2D eigenvalue weighted by Gasteiger charge is -2.30. The van der Waals surface area contributed by atoms with Crippen molar-refractivity contribution in [2.75, 3.05) is 32.7 Å².